The molecule has 1 heterocycles. The number of aryl methyl sites for hydroxylation is 1. The Kier molecular flexibility index (Phi) is 3.77. The summed E-state index contributed by atoms with van der Waals surface area (Å²) < 4.78 is 1.81. The van der Waals surface area contributed by atoms with Gasteiger partial charge in [-0.25, -0.2) is 9.66 Å². The van der Waals surface area contributed by atoms with E-state index in [9.17, 15) is 0 Å². The smallest absolute Gasteiger partial charge is 0.129 e. The molecule has 0 radical (unpaired) electrons. The van der Waals surface area contributed by atoms with Gasteiger partial charge < -0.3 is 4.90 Å². The van der Waals surface area contributed by atoms with Crippen LogP contribution in [0.5, 0.6) is 0 Å². The number of rotatable bonds is 4. The number of imidazole rings is 1. The van der Waals surface area contributed by atoms with Gasteiger partial charge in [0.15, 0.2) is 0 Å². The highest BCUT2D eigenvalue weighted by molar-refractivity contribution is 5.80. The van der Waals surface area contributed by atoms with Crippen LogP contribution in [0, 0.1) is 0 Å². The molecule has 0 saturated carbocycles. The Morgan fingerprint density at radius 3 is 2.61 bits per heavy atom. The molecule has 0 N–H and O–H groups in total. The van der Waals surface area contributed by atoms with Crippen LogP contribution >= 0.6 is 0 Å². The van der Waals surface area contributed by atoms with Crippen LogP contribution in [0.25, 0.3) is 0 Å². The minimum Gasteiger partial charge on any atom is -0.378 e. The molecule has 2 aromatic rings. The highest BCUT2D eigenvalue weighted by atomic mass is 15.4. The topological polar surface area (TPSA) is 33.4 Å². The number of hydrogen-bond donors (Lipinski definition) is 0. The molecule has 1 aromatic carbocycles. The van der Waals surface area contributed by atoms with Crippen molar-refractivity contribution in [2.75, 3.05) is 19.0 Å². The summed E-state index contributed by atoms with van der Waals surface area (Å²) in [6, 6.07) is 8.27. The van der Waals surface area contributed by atoms with Crippen molar-refractivity contribution < 1.29 is 0 Å². The van der Waals surface area contributed by atoms with E-state index in [-0.39, 0.29) is 0 Å². The van der Waals surface area contributed by atoms with Gasteiger partial charge in [0, 0.05) is 38.6 Å². The van der Waals surface area contributed by atoms with E-state index in [1.807, 2.05) is 26.5 Å². The first-order valence-electron chi connectivity index (χ1n) is 6.04. The van der Waals surface area contributed by atoms with Crippen molar-refractivity contribution in [3.8, 4) is 0 Å². The van der Waals surface area contributed by atoms with Crippen LogP contribution < -0.4 is 4.90 Å². The number of benzene rings is 1. The largest absolute Gasteiger partial charge is 0.378 e. The van der Waals surface area contributed by atoms with Gasteiger partial charge in [0.05, 0.1) is 6.21 Å². The van der Waals surface area contributed by atoms with Gasteiger partial charge in [0.25, 0.3) is 0 Å². The quantitative estimate of drug-likeness (QED) is 0.771. The first-order chi connectivity index (χ1) is 8.70. The molecule has 0 saturated heterocycles. The van der Waals surface area contributed by atoms with Crippen molar-refractivity contribution in [3.63, 3.8) is 0 Å². The van der Waals surface area contributed by atoms with Crippen molar-refractivity contribution in [1.29, 1.82) is 0 Å². The third-order valence-corrected chi connectivity index (χ3v) is 2.75. The fraction of sp³-hybridized carbons (Fsp3) is 0.286. The van der Waals surface area contributed by atoms with Crippen LogP contribution in [0.2, 0.25) is 0 Å². The second-order valence-corrected chi connectivity index (χ2v) is 4.27. The summed E-state index contributed by atoms with van der Waals surface area (Å²) in [5.74, 6) is 0.969. The second-order valence-electron chi connectivity index (χ2n) is 4.27. The minimum absolute atomic E-state index is 0.879. The van der Waals surface area contributed by atoms with Gasteiger partial charge in [-0.1, -0.05) is 19.1 Å². The van der Waals surface area contributed by atoms with Gasteiger partial charge in [-0.2, -0.15) is 5.10 Å². The summed E-state index contributed by atoms with van der Waals surface area (Å²) in [4.78, 5) is 6.30. The van der Waals surface area contributed by atoms with E-state index >= 15 is 0 Å². The lowest BCUT2D eigenvalue weighted by Crippen LogP contribution is -2.08. The Bertz CT molecular complexity index is 523. The summed E-state index contributed by atoms with van der Waals surface area (Å²) in [7, 11) is 4.06. The summed E-state index contributed by atoms with van der Waals surface area (Å²) in [5, 5.41) is 4.40. The highest BCUT2D eigenvalue weighted by Crippen LogP contribution is 2.11. The van der Waals surface area contributed by atoms with E-state index in [4.69, 9.17) is 0 Å². The number of aromatic nitrogens is 2. The molecular formula is C14H18N4. The van der Waals surface area contributed by atoms with Crippen LogP contribution in [0.3, 0.4) is 0 Å². The third kappa shape index (κ3) is 2.77. The van der Waals surface area contributed by atoms with Crippen molar-refractivity contribution in [2.24, 2.45) is 5.10 Å². The van der Waals surface area contributed by atoms with Crippen LogP contribution in [-0.4, -0.2) is 30.0 Å². The third-order valence-electron chi connectivity index (χ3n) is 2.75. The first kappa shape index (κ1) is 12.4. The van der Waals surface area contributed by atoms with Crippen molar-refractivity contribution in [3.05, 3.63) is 48.0 Å². The molecule has 0 atom stereocenters. The Hall–Kier alpha value is -2.10. The predicted molar refractivity (Wildman–Crippen MR) is 75.4 cm³/mol. The van der Waals surface area contributed by atoms with Crippen LogP contribution in [0.4, 0.5) is 5.69 Å². The summed E-state index contributed by atoms with van der Waals surface area (Å²) in [6.45, 7) is 2.07. The zero-order chi connectivity index (χ0) is 13.0. The lowest BCUT2D eigenvalue weighted by Gasteiger charge is -2.11. The van der Waals surface area contributed by atoms with Gasteiger partial charge in [-0.15, -0.1) is 0 Å². The van der Waals surface area contributed by atoms with E-state index in [1.165, 1.54) is 5.69 Å². The van der Waals surface area contributed by atoms with Crippen molar-refractivity contribution >= 4 is 11.9 Å². The first-order valence-corrected chi connectivity index (χ1v) is 6.04. The molecule has 18 heavy (non-hydrogen) atoms. The van der Waals surface area contributed by atoms with Crippen LogP contribution in [-0.2, 0) is 6.42 Å². The van der Waals surface area contributed by atoms with Crippen molar-refractivity contribution in [2.45, 2.75) is 13.3 Å². The van der Waals surface area contributed by atoms with Gasteiger partial charge in [0.1, 0.15) is 5.82 Å². The zero-order valence-corrected chi connectivity index (χ0v) is 11.0. The average molecular weight is 242 g/mol. The predicted octanol–water partition coefficient (Wildman–Crippen LogP) is 2.39. The van der Waals surface area contributed by atoms with E-state index in [2.05, 4.69) is 46.2 Å². The number of nitrogens with zero attached hydrogens (tertiary/aromatic N) is 4. The molecule has 0 amide bonds. The molecule has 1 aromatic heterocycles. The maximum Gasteiger partial charge on any atom is 0.129 e. The molecule has 0 bridgehead atoms. The molecule has 0 fully saturated rings. The Morgan fingerprint density at radius 1 is 1.28 bits per heavy atom. The molecule has 4 heteroatoms. The normalized spacial score (nSPS) is 11.1. The maximum atomic E-state index is 4.40. The Labute approximate surface area is 108 Å². The van der Waals surface area contributed by atoms with E-state index in [0.29, 0.717) is 0 Å². The monoisotopic (exact) mass is 242 g/mol. The van der Waals surface area contributed by atoms with Crippen LogP contribution in [0.1, 0.15) is 18.3 Å². The van der Waals surface area contributed by atoms with Gasteiger partial charge in [-0.3, -0.25) is 0 Å². The second kappa shape index (κ2) is 5.49. The molecule has 94 valence electrons. The summed E-state index contributed by atoms with van der Waals surface area (Å²) in [6.07, 6.45) is 6.36. The standard InChI is InChI=1S/C14H18N4/c1-4-14-15-9-10-18(14)16-11-12-5-7-13(8-6-12)17(2)3/h5-11H,4H2,1-3H3. The molecule has 4 nitrogen and oxygen atoms in total. The van der Waals surface area contributed by atoms with Gasteiger partial charge in [0.2, 0.25) is 0 Å². The van der Waals surface area contributed by atoms with E-state index < -0.39 is 0 Å². The number of hydrogen-bond acceptors (Lipinski definition) is 3. The Morgan fingerprint density at radius 2 is 2.00 bits per heavy atom. The Balaban J connectivity index is 2.14. The molecule has 2 rings (SSSR count). The van der Waals surface area contributed by atoms with E-state index in [1.54, 1.807) is 10.9 Å². The fourth-order valence-corrected chi connectivity index (χ4v) is 1.67. The summed E-state index contributed by atoms with van der Waals surface area (Å²) >= 11 is 0. The average Bonchev–Trinajstić information content (AvgIpc) is 2.84. The highest BCUT2D eigenvalue weighted by Gasteiger charge is 1.97. The lowest BCUT2D eigenvalue weighted by molar-refractivity contribution is 0.788. The molecular weight excluding hydrogens is 224 g/mol. The SMILES string of the molecule is CCc1nccn1N=Cc1ccc(N(C)C)cc1. The zero-order valence-electron chi connectivity index (χ0n) is 11.0. The van der Waals surface area contributed by atoms with Gasteiger partial charge >= 0.3 is 0 Å². The number of anilines is 1. The lowest BCUT2D eigenvalue weighted by atomic mass is 10.2. The van der Waals surface area contributed by atoms with Crippen LogP contribution in [0.15, 0.2) is 41.8 Å². The molecule has 0 unspecified atom stereocenters. The van der Waals surface area contributed by atoms with Crippen molar-refractivity contribution in [1.82, 2.24) is 9.66 Å². The minimum atomic E-state index is 0.879. The molecule has 0 aliphatic carbocycles. The molecule has 0 aliphatic rings. The molecule has 0 spiro atoms. The molecule has 0 aliphatic heterocycles. The van der Waals surface area contributed by atoms with E-state index in [0.717, 1.165) is 17.8 Å². The van der Waals surface area contributed by atoms with Gasteiger partial charge in [-0.05, 0) is 17.7 Å². The maximum absolute atomic E-state index is 4.40. The fourth-order valence-electron chi connectivity index (χ4n) is 1.67. The summed E-state index contributed by atoms with van der Waals surface area (Å²) in [5.41, 5.74) is 2.26.